The number of primary amides is 1. The van der Waals surface area contributed by atoms with Crippen LogP contribution in [-0.4, -0.2) is 194 Å². The van der Waals surface area contributed by atoms with Gasteiger partial charge in [0.25, 0.3) is 23.6 Å². The van der Waals surface area contributed by atoms with Gasteiger partial charge in [0.1, 0.15) is 53.4 Å². The molecule has 3 heterocycles. The number of hydrogen-bond acceptors (Lipinski definition) is 20. The van der Waals surface area contributed by atoms with Crippen LogP contribution in [0.15, 0.2) is 78.9 Å². The molecular weight excluding hydrogens is 1400 g/mol. The molecule has 4 aliphatic rings. The molecule has 0 radical (unpaired) electrons. The van der Waals surface area contributed by atoms with Gasteiger partial charge in [-0.05, 0) is 139 Å². The Morgan fingerprint density at radius 2 is 1.23 bits per heavy atom. The van der Waals surface area contributed by atoms with Gasteiger partial charge in [-0.2, -0.15) is 0 Å². The van der Waals surface area contributed by atoms with E-state index in [-0.39, 0.29) is 119 Å². The van der Waals surface area contributed by atoms with Crippen molar-refractivity contribution in [1.82, 2.24) is 52.3 Å². The number of aliphatic hydroxyl groups excluding tert-OH is 1. The molecule has 0 aromatic heterocycles. The highest BCUT2D eigenvalue weighted by atomic mass is 33.1. The highest BCUT2D eigenvalue weighted by molar-refractivity contribution is 8.76. The molecular formula is C74H101N11O18S2. The zero-order valence-electron chi connectivity index (χ0n) is 60.3. The Hall–Kier alpha value is -9.23. The second kappa shape index (κ2) is 42.7. The number of allylic oxidation sites excluding steroid dienone is 1. The van der Waals surface area contributed by atoms with Crippen LogP contribution in [0, 0.1) is 5.92 Å². The third kappa shape index (κ3) is 28.6. The maximum Gasteiger partial charge on any atom is 0.407 e. The highest BCUT2D eigenvalue weighted by Gasteiger charge is 2.37. The van der Waals surface area contributed by atoms with Crippen LogP contribution < -0.4 is 48.3 Å². The van der Waals surface area contributed by atoms with Crippen molar-refractivity contribution in [2.45, 2.75) is 223 Å². The number of imide groups is 2. The average molecular weight is 1500 g/mol. The lowest BCUT2D eigenvalue weighted by Gasteiger charge is -2.28. The minimum absolute atomic E-state index is 0.00716. The summed E-state index contributed by atoms with van der Waals surface area (Å²) >= 11 is 0. The fraction of sp³-hybridized carbons (Fsp3) is 0.554. The van der Waals surface area contributed by atoms with Gasteiger partial charge in [-0.15, -0.1) is 0 Å². The van der Waals surface area contributed by atoms with E-state index in [0.717, 1.165) is 42.5 Å². The monoisotopic (exact) mass is 1500 g/mol. The molecule has 0 saturated carbocycles. The highest BCUT2D eigenvalue weighted by Crippen LogP contribution is 2.32. The Morgan fingerprint density at radius 3 is 1.84 bits per heavy atom. The zero-order valence-corrected chi connectivity index (χ0v) is 61.9. The number of rotatable bonds is 35. The van der Waals surface area contributed by atoms with E-state index in [2.05, 4.69) is 42.5 Å². The summed E-state index contributed by atoms with van der Waals surface area (Å²) in [6, 6.07) is 3.24. The standard InChI is InChI=1S/C74H101N11O18S2/c1-6-53-68(97)82-58(72(101)83-65(45(2)86)66(75)95)44-105-104-43-57(81-69(98)54(77-60(90)26-13-9-19-39-85-63(93)35-36-64(85)94)24-12-7-10-21-50(87)22-11-8-18-38-84-61(91)33-34-62(84)92)59(89)42-49(40-46-27-31-51(88)32-28-46)67(96)80-56(41-48-30-29-47-20-14-15-23-52(47)48)71(100)79-55(70(99)78-53)25-16-17-37-76-73(102)103-74(3,4)5/h14-15,20,23,27-28,30-36,45,49,53-58,65,86,88H,6-13,16-19,21-22,24-26,29,37-44H2,1-5H3,(H2,75,95)(H,76,102)(H,77,90)(H,78,99)(H,79,100)(H,80,96)(H,81,98)(H,82,97)(H,83,101)/t45-,49-,53+,54-,55+,56-,57+,58+,65+/m1/s1. The maximum atomic E-state index is 15.4. The van der Waals surface area contributed by atoms with Crippen molar-refractivity contribution in [1.29, 1.82) is 0 Å². The number of phenolic OH excluding ortho intramolecular Hbond substituents is 1. The lowest BCUT2D eigenvalue weighted by molar-refractivity contribution is -0.138. The number of unbranched alkanes of at least 4 members (excludes halogenated alkanes) is 7. The molecule has 572 valence electrons. The average Bonchev–Trinajstić information content (AvgIpc) is 1.68. The van der Waals surface area contributed by atoms with Gasteiger partial charge in [-0.25, -0.2) is 4.79 Å². The number of aromatic hydroxyl groups is 1. The van der Waals surface area contributed by atoms with E-state index < -0.39 is 137 Å². The zero-order chi connectivity index (χ0) is 76.8. The van der Waals surface area contributed by atoms with E-state index in [1.54, 1.807) is 39.8 Å². The molecule has 1 saturated heterocycles. The van der Waals surface area contributed by atoms with Gasteiger partial charge in [0.15, 0.2) is 5.78 Å². The molecule has 1 fully saturated rings. The van der Waals surface area contributed by atoms with E-state index in [4.69, 9.17) is 10.5 Å². The summed E-state index contributed by atoms with van der Waals surface area (Å²) in [5, 5.41) is 42.6. The number of phenols is 1. The fourth-order valence-electron chi connectivity index (χ4n) is 12.1. The number of Topliss-reactive ketones (excluding diaryl/α,β-unsaturated/α-hetero) is 2. The number of hydrogen-bond donors (Lipinski definition) is 11. The Kier molecular flexibility index (Phi) is 34.4. The normalized spacial score (nSPS) is 20.7. The summed E-state index contributed by atoms with van der Waals surface area (Å²) in [5.41, 5.74) is 7.71. The molecule has 29 nitrogen and oxygen atoms in total. The van der Waals surface area contributed by atoms with Crippen LogP contribution in [0.3, 0.4) is 0 Å². The first kappa shape index (κ1) is 84.7. The fourth-order valence-corrected chi connectivity index (χ4v) is 14.5. The Bertz CT molecular complexity index is 3520. The number of nitrogens with zero attached hydrogens (tertiary/aromatic N) is 2. The Morgan fingerprint density at radius 1 is 0.657 bits per heavy atom. The summed E-state index contributed by atoms with van der Waals surface area (Å²) in [5.74, 6) is -11.1. The van der Waals surface area contributed by atoms with Crippen LogP contribution in [0.5, 0.6) is 5.75 Å². The smallest absolute Gasteiger partial charge is 0.407 e. The molecule has 3 aliphatic heterocycles. The van der Waals surface area contributed by atoms with Crippen LogP contribution in [-0.2, 0) is 84.7 Å². The first-order valence-corrected chi connectivity index (χ1v) is 38.5. The van der Waals surface area contributed by atoms with Gasteiger partial charge < -0.3 is 63.2 Å². The number of amides is 13. The van der Waals surface area contributed by atoms with Crippen molar-refractivity contribution in [3.05, 3.63) is 95.6 Å². The lowest BCUT2D eigenvalue weighted by Crippen LogP contribution is -2.60. The van der Waals surface area contributed by atoms with Crippen LogP contribution in [0.2, 0.25) is 0 Å². The third-order valence-electron chi connectivity index (χ3n) is 18.0. The largest absolute Gasteiger partial charge is 0.508 e. The van der Waals surface area contributed by atoms with Crippen molar-refractivity contribution < 1.29 is 86.9 Å². The van der Waals surface area contributed by atoms with E-state index >= 15 is 14.4 Å². The lowest BCUT2D eigenvalue weighted by atomic mass is 9.90. The first-order valence-electron chi connectivity index (χ1n) is 36.0. The SMILES string of the molecule is CC[C@@H]1NC(=O)[C@H](CCCCNC(=O)OC(C)(C)C)NC(=O)[C@@H](CC2=CCc3ccccc32)NC(=O)[C@H](Cc2ccc(O)cc2)CC(=O)[C@@H](NC(=O)[C@@H](CCCCCC(=O)CCCCCN2C(=O)C=CC2=O)NC(=O)CCCCCN2C(=O)C=CC2=O)CSSC[C@@H](C(=O)N[C@H](C(N)=O)[C@@H](C)O)NC1=O. The van der Waals surface area contributed by atoms with Gasteiger partial charge >= 0.3 is 6.09 Å². The summed E-state index contributed by atoms with van der Waals surface area (Å²) in [4.78, 5) is 207. The van der Waals surface area contributed by atoms with Crippen molar-refractivity contribution in [2.24, 2.45) is 11.7 Å². The number of ether oxygens (including phenoxy) is 1. The van der Waals surface area contributed by atoms with Gasteiger partial charge in [-0.3, -0.25) is 76.9 Å². The minimum Gasteiger partial charge on any atom is -0.508 e. The number of ketones is 2. The predicted molar refractivity (Wildman–Crippen MR) is 392 cm³/mol. The first-order chi connectivity index (χ1) is 50.0. The number of nitrogens with one attached hydrogen (secondary N) is 8. The molecule has 31 heteroatoms. The van der Waals surface area contributed by atoms with Crippen molar-refractivity contribution >= 4 is 116 Å². The Balaban J connectivity index is 1.32. The second-order valence-electron chi connectivity index (χ2n) is 27.6. The summed E-state index contributed by atoms with van der Waals surface area (Å²) < 4.78 is 5.37. The number of benzene rings is 2. The molecule has 0 unspecified atom stereocenters. The van der Waals surface area contributed by atoms with Crippen molar-refractivity contribution in [2.75, 3.05) is 31.1 Å². The number of aliphatic hydroxyl groups is 1. The molecule has 0 bridgehead atoms. The summed E-state index contributed by atoms with van der Waals surface area (Å²) in [6.07, 6.45) is 8.97. The number of carbonyl (C=O) groups excluding carboxylic acids is 15. The number of alkyl carbamates (subject to hydrolysis) is 1. The molecule has 105 heavy (non-hydrogen) atoms. The molecule has 6 rings (SSSR count). The molecule has 13 amide bonds. The quantitative estimate of drug-likeness (QED) is 0.0266. The third-order valence-corrected chi connectivity index (χ3v) is 20.4. The predicted octanol–water partition coefficient (Wildman–Crippen LogP) is 3.79. The minimum atomic E-state index is -1.63. The summed E-state index contributed by atoms with van der Waals surface area (Å²) in [6.45, 7) is 8.39. The van der Waals surface area contributed by atoms with Crippen LogP contribution in [0.25, 0.3) is 5.57 Å². The molecule has 2 aromatic rings. The molecule has 12 N–H and O–H groups in total. The molecule has 2 aromatic carbocycles. The second-order valence-corrected chi connectivity index (χ2v) is 30.1. The van der Waals surface area contributed by atoms with Gasteiger partial charge in [0.05, 0.1) is 12.1 Å². The Labute approximate surface area is 619 Å². The van der Waals surface area contributed by atoms with Crippen LogP contribution in [0.1, 0.15) is 173 Å². The van der Waals surface area contributed by atoms with Gasteiger partial charge in [0, 0.05) is 93.5 Å². The molecule has 9 atom stereocenters. The molecule has 1 aliphatic carbocycles. The number of carbonyl (C=O) groups is 15. The van der Waals surface area contributed by atoms with Crippen LogP contribution in [0.4, 0.5) is 4.79 Å². The number of nitrogens with two attached hydrogens (primary N) is 1. The molecule has 0 spiro atoms. The topological polar surface area (TPSA) is 434 Å². The van der Waals surface area contributed by atoms with E-state index in [0.29, 0.717) is 75.3 Å². The van der Waals surface area contributed by atoms with Gasteiger partial charge in [-0.1, -0.05) is 96.7 Å². The van der Waals surface area contributed by atoms with Crippen LogP contribution >= 0.6 is 21.6 Å². The van der Waals surface area contributed by atoms with Crippen molar-refractivity contribution in [3.8, 4) is 5.75 Å². The van der Waals surface area contributed by atoms with Crippen molar-refractivity contribution in [3.63, 3.8) is 0 Å². The summed E-state index contributed by atoms with van der Waals surface area (Å²) in [7, 11) is 1.91. The van der Waals surface area contributed by atoms with Gasteiger partial charge in [0.2, 0.25) is 47.3 Å². The maximum absolute atomic E-state index is 15.4. The number of fused-ring (bicyclic) bond motifs is 1. The van der Waals surface area contributed by atoms with E-state index in [1.165, 1.54) is 43.4 Å². The van der Waals surface area contributed by atoms with E-state index in [1.807, 2.05) is 30.3 Å². The van der Waals surface area contributed by atoms with E-state index in [9.17, 15) is 67.7 Å².